The van der Waals surface area contributed by atoms with Crippen LogP contribution in [-0.4, -0.2) is 53.6 Å². The summed E-state index contributed by atoms with van der Waals surface area (Å²) < 4.78 is 23.5. The molecule has 0 saturated carbocycles. The number of rotatable bonds is 13. The molecule has 0 bridgehead atoms. The number of aromatic hydroxyl groups is 1. The number of ether oxygens (including phenoxy) is 4. The number of hydrogen-bond acceptors (Lipinski definition) is 8. The van der Waals surface area contributed by atoms with Crippen molar-refractivity contribution >= 4 is 5.78 Å². The van der Waals surface area contributed by atoms with Crippen molar-refractivity contribution in [2.24, 2.45) is 0 Å². The van der Waals surface area contributed by atoms with Crippen molar-refractivity contribution in [2.75, 3.05) is 21.3 Å². The largest absolute Gasteiger partial charge is 0.507 e. The third kappa shape index (κ3) is 7.74. The number of hydrogen-bond donors (Lipinski definition) is 3. The van der Waals surface area contributed by atoms with E-state index in [9.17, 15) is 20.1 Å². The lowest BCUT2D eigenvalue weighted by molar-refractivity contribution is 0.0548. The van der Waals surface area contributed by atoms with Crippen molar-refractivity contribution < 1.29 is 39.1 Å². The number of benzene rings is 2. The van der Waals surface area contributed by atoms with E-state index in [1.54, 1.807) is 27.2 Å². The smallest absolute Gasteiger partial charge is 0.173 e. The van der Waals surface area contributed by atoms with E-state index in [4.69, 9.17) is 18.9 Å². The summed E-state index contributed by atoms with van der Waals surface area (Å²) in [6.07, 6.45) is 5.12. The van der Waals surface area contributed by atoms with E-state index in [-0.39, 0.29) is 41.4 Å². The van der Waals surface area contributed by atoms with Crippen LogP contribution in [-0.2, 0) is 12.8 Å². The second-order valence-electron chi connectivity index (χ2n) is 11.8. The number of ketones is 1. The average Bonchev–Trinajstić information content (AvgIpc) is 2.91. The molecule has 2 aromatic carbocycles. The molecular weight excluding hydrogens is 524 g/mol. The minimum absolute atomic E-state index is 0.0678. The first-order valence-electron chi connectivity index (χ1n) is 14.2. The number of phenols is 1. The Morgan fingerprint density at radius 1 is 1.07 bits per heavy atom. The number of fused-ring (bicyclic) bond motifs is 1. The molecule has 41 heavy (non-hydrogen) atoms. The summed E-state index contributed by atoms with van der Waals surface area (Å²) in [6, 6.07) is 5.11. The van der Waals surface area contributed by atoms with E-state index >= 15 is 0 Å². The average molecular weight is 571 g/mol. The van der Waals surface area contributed by atoms with Gasteiger partial charge in [0.2, 0.25) is 0 Å². The Kier molecular flexibility index (Phi) is 10.4. The maximum Gasteiger partial charge on any atom is 0.173 e. The summed E-state index contributed by atoms with van der Waals surface area (Å²) in [6.45, 7) is 9.25. The van der Waals surface area contributed by atoms with Crippen molar-refractivity contribution in [3.63, 3.8) is 0 Å². The first-order valence-corrected chi connectivity index (χ1v) is 14.2. The quantitative estimate of drug-likeness (QED) is 0.242. The molecule has 1 aliphatic rings. The van der Waals surface area contributed by atoms with Crippen LogP contribution in [0.15, 0.2) is 29.8 Å². The predicted molar refractivity (Wildman–Crippen MR) is 159 cm³/mol. The molecule has 0 aliphatic carbocycles. The molecule has 0 fully saturated rings. The van der Waals surface area contributed by atoms with E-state index in [2.05, 4.69) is 13.0 Å². The molecule has 8 nitrogen and oxygen atoms in total. The highest BCUT2D eigenvalue weighted by Crippen LogP contribution is 2.49. The zero-order valence-electron chi connectivity index (χ0n) is 25.7. The van der Waals surface area contributed by atoms with Crippen LogP contribution in [0.4, 0.5) is 0 Å². The fraction of sp³-hybridized carbons (Fsp3) is 0.545. The van der Waals surface area contributed by atoms with Crippen LogP contribution >= 0.6 is 0 Å². The van der Waals surface area contributed by atoms with Crippen molar-refractivity contribution in [3.8, 4) is 28.7 Å². The molecule has 1 aliphatic heterocycles. The van der Waals surface area contributed by atoms with Crippen LogP contribution in [0, 0.1) is 0 Å². The van der Waals surface area contributed by atoms with Gasteiger partial charge in [0.15, 0.2) is 28.8 Å². The maximum absolute atomic E-state index is 13.4. The highest BCUT2D eigenvalue weighted by molar-refractivity contribution is 6.01. The summed E-state index contributed by atoms with van der Waals surface area (Å²) in [5.74, 6) is 1.36. The molecule has 2 atom stereocenters. The van der Waals surface area contributed by atoms with Crippen molar-refractivity contribution in [1.29, 1.82) is 0 Å². The molecule has 3 N–H and O–H groups in total. The predicted octanol–water partition coefficient (Wildman–Crippen LogP) is 6.26. The van der Waals surface area contributed by atoms with Crippen molar-refractivity contribution in [3.05, 3.63) is 52.1 Å². The lowest BCUT2D eigenvalue weighted by atomic mass is 9.88. The first-order chi connectivity index (χ1) is 19.2. The van der Waals surface area contributed by atoms with Gasteiger partial charge in [0.05, 0.1) is 44.5 Å². The SMILES string of the molecule is CCC(C)(O)Cc1c(O)cc2c(c1OC)O[C@@H](c1ccc(OC)c(OC)c1CC=C(C)CCCC(C)(C)O)CC2=O. The summed E-state index contributed by atoms with van der Waals surface area (Å²) in [4.78, 5) is 13.4. The Bertz CT molecular complexity index is 1270. The van der Waals surface area contributed by atoms with Gasteiger partial charge in [-0.3, -0.25) is 4.79 Å². The van der Waals surface area contributed by atoms with Gasteiger partial charge in [0.1, 0.15) is 11.9 Å². The van der Waals surface area contributed by atoms with Crippen LogP contribution in [0.3, 0.4) is 0 Å². The Morgan fingerprint density at radius 2 is 1.76 bits per heavy atom. The number of allylic oxidation sites excluding steroid dienone is 2. The normalized spacial score (nSPS) is 17.0. The van der Waals surface area contributed by atoms with Crippen LogP contribution in [0.1, 0.15) is 99.9 Å². The second kappa shape index (κ2) is 13.2. The van der Waals surface area contributed by atoms with Gasteiger partial charge in [-0.2, -0.15) is 0 Å². The van der Waals surface area contributed by atoms with Crippen molar-refractivity contribution in [2.45, 2.75) is 96.9 Å². The van der Waals surface area contributed by atoms with Gasteiger partial charge in [-0.05, 0) is 71.9 Å². The molecule has 8 heteroatoms. The molecule has 0 saturated heterocycles. The maximum atomic E-state index is 13.4. The zero-order valence-corrected chi connectivity index (χ0v) is 25.7. The van der Waals surface area contributed by atoms with E-state index < -0.39 is 17.3 Å². The topological polar surface area (TPSA) is 115 Å². The highest BCUT2D eigenvalue weighted by Gasteiger charge is 2.36. The Morgan fingerprint density at radius 3 is 2.34 bits per heavy atom. The fourth-order valence-electron chi connectivity index (χ4n) is 5.21. The lowest BCUT2D eigenvalue weighted by Gasteiger charge is -2.31. The first kappa shape index (κ1) is 32.3. The van der Waals surface area contributed by atoms with Crippen LogP contribution in [0.5, 0.6) is 28.7 Å². The molecule has 1 heterocycles. The Balaban J connectivity index is 2.04. The molecule has 0 spiro atoms. The monoisotopic (exact) mass is 570 g/mol. The summed E-state index contributed by atoms with van der Waals surface area (Å²) >= 11 is 0. The molecule has 0 radical (unpaired) electrons. The van der Waals surface area contributed by atoms with E-state index in [0.717, 1.165) is 24.0 Å². The fourth-order valence-corrected chi connectivity index (χ4v) is 5.21. The summed E-state index contributed by atoms with van der Waals surface area (Å²) in [5.41, 5.74) is 1.69. The zero-order chi connectivity index (χ0) is 30.5. The van der Waals surface area contributed by atoms with Gasteiger partial charge in [0.25, 0.3) is 0 Å². The number of Topliss-reactive ketones (excluding diaryl/α,β-unsaturated/α-hetero) is 1. The van der Waals surface area contributed by atoms with Gasteiger partial charge < -0.3 is 34.3 Å². The van der Waals surface area contributed by atoms with Gasteiger partial charge in [-0.15, -0.1) is 0 Å². The van der Waals surface area contributed by atoms with Crippen LogP contribution < -0.4 is 18.9 Å². The van der Waals surface area contributed by atoms with Gasteiger partial charge in [-0.25, -0.2) is 0 Å². The summed E-state index contributed by atoms with van der Waals surface area (Å²) in [7, 11) is 4.63. The standard InChI is InChI=1S/C33H46O8/c1-9-33(5,37)19-24-25(34)17-23-26(35)18-28(41-31(23)30(24)40-8)21-14-15-27(38-6)29(39-7)22(21)13-12-20(2)11-10-16-32(3,4)36/h12,14-15,17,28,34,36-37H,9-11,13,16,18-19H2,1-8H3/t28-,33?/m1/s1. The minimum atomic E-state index is -1.08. The number of aliphatic hydroxyl groups is 2. The van der Waals surface area contributed by atoms with Crippen LogP contribution in [0.25, 0.3) is 0 Å². The van der Waals surface area contributed by atoms with Gasteiger partial charge in [0, 0.05) is 23.1 Å². The molecule has 0 aromatic heterocycles. The summed E-state index contributed by atoms with van der Waals surface area (Å²) in [5, 5.41) is 31.6. The molecule has 226 valence electrons. The molecule has 2 aromatic rings. The Labute approximate surface area is 243 Å². The molecular formula is C33H46O8. The Hall–Kier alpha value is -3.23. The van der Waals surface area contributed by atoms with Gasteiger partial charge in [-0.1, -0.05) is 24.6 Å². The van der Waals surface area contributed by atoms with Gasteiger partial charge >= 0.3 is 0 Å². The molecule has 0 amide bonds. The van der Waals surface area contributed by atoms with E-state index in [1.165, 1.54) is 18.7 Å². The highest BCUT2D eigenvalue weighted by atomic mass is 16.5. The number of carbonyl (C=O) groups excluding carboxylic acids is 1. The number of methoxy groups -OCH3 is 3. The number of carbonyl (C=O) groups is 1. The van der Waals surface area contributed by atoms with E-state index in [0.29, 0.717) is 36.3 Å². The number of phenolic OH excluding ortho intramolecular Hbond substituents is 1. The molecule has 1 unspecified atom stereocenters. The lowest BCUT2D eigenvalue weighted by Crippen LogP contribution is -2.27. The van der Waals surface area contributed by atoms with Crippen LogP contribution in [0.2, 0.25) is 0 Å². The molecule has 3 rings (SSSR count). The van der Waals surface area contributed by atoms with E-state index in [1.807, 2.05) is 26.8 Å². The second-order valence-corrected chi connectivity index (χ2v) is 11.8. The third-order valence-corrected chi connectivity index (χ3v) is 7.82. The minimum Gasteiger partial charge on any atom is -0.507 e. The third-order valence-electron chi connectivity index (χ3n) is 7.82. The van der Waals surface area contributed by atoms with Crippen molar-refractivity contribution in [1.82, 2.24) is 0 Å².